The summed E-state index contributed by atoms with van der Waals surface area (Å²) in [7, 11) is 0. The van der Waals surface area contributed by atoms with Crippen LogP contribution in [0.3, 0.4) is 0 Å². The van der Waals surface area contributed by atoms with Gasteiger partial charge in [-0.2, -0.15) is 5.10 Å². The highest BCUT2D eigenvalue weighted by atomic mass is 32.1. The van der Waals surface area contributed by atoms with E-state index in [1.165, 1.54) is 18.4 Å². The summed E-state index contributed by atoms with van der Waals surface area (Å²) in [6.07, 6.45) is 7.78. The van der Waals surface area contributed by atoms with Crippen molar-refractivity contribution < 1.29 is 9.59 Å². The van der Waals surface area contributed by atoms with Gasteiger partial charge in [0.2, 0.25) is 0 Å². The molecule has 2 aromatic heterocycles. The molecule has 1 unspecified atom stereocenters. The number of thiophene rings is 1. The predicted molar refractivity (Wildman–Crippen MR) is 111 cm³/mol. The van der Waals surface area contributed by atoms with Crippen LogP contribution in [0.2, 0.25) is 0 Å². The first-order valence-corrected chi connectivity index (χ1v) is 10.7. The Morgan fingerprint density at radius 1 is 1.25 bits per heavy atom. The highest BCUT2D eigenvalue weighted by Gasteiger charge is 2.21. The number of aryl methyl sites for hydroxylation is 2. The summed E-state index contributed by atoms with van der Waals surface area (Å²) in [6, 6.07) is 5.89. The molecule has 150 valence electrons. The van der Waals surface area contributed by atoms with Gasteiger partial charge in [-0.3, -0.25) is 14.3 Å². The van der Waals surface area contributed by atoms with E-state index in [0.717, 1.165) is 35.5 Å². The molecule has 1 atom stereocenters. The van der Waals surface area contributed by atoms with E-state index in [4.69, 9.17) is 0 Å². The Morgan fingerprint density at radius 2 is 2.07 bits per heavy atom. The Morgan fingerprint density at radius 3 is 2.71 bits per heavy atom. The van der Waals surface area contributed by atoms with Crippen molar-refractivity contribution in [3.8, 4) is 0 Å². The lowest BCUT2D eigenvalue weighted by Crippen LogP contribution is -2.42. The molecule has 0 aliphatic heterocycles. The molecule has 2 N–H and O–H groups in total. The Hall–Kier alpha value is -2.41. The van der Waals surface area contributed by atoms with Crippen LogP contribution in [0.25, 0.3) is 0 Å². The zero-order valence-corrected chi connectivity index (χ0v) is 17.3. The molecule has 7 heteroatoms. The van der Waals surface area contributed by atoms with E-state index in [-0.39, 0.29) is 6.04 Å². The van der Waals surface area contributed by atoms with Gasteiger partial charge in [-0.25, -0.2) is 0 Å². The van der Waals surface area contributed by atoms with E-state index in [9.17, 15) is 9.59 Å². The van der Waals surface area contributed by atoms with Crippen LogP contribution < -0.4 is 10.6 Å². The summed E-state index contributed by atoms with van der Waals surface area (Å²) < 4.78 is 1.91. The van der Waals surface area contributed by atoms with Crippen LogP contribution in [0.15, 0.2) is 35.2 Å². The number of hydrogen-bond acceptors (Lipinski definition) is 4. The maximum atomic E-state index is 12.3. The topological polar surface area (TPSA) is 76.0 Å². The molecule has 0 aromatic carbocycles. The number of allylic oxidation sites excluding steroid dienone is 1. The molecular weight excluding hydrogens is 372 g/mol. The third-order valence-corrected chi connectivity index (χ3v) is 5.96. The summed E-state index contributed by atoms with van der Waals surface area (Å²) in [4.78, 5) is 25.5. The second-order valence-electron chi connectivity index (χ2n) is 7.23. The van der Waals surface area contributed by atoms with Crippen LogP contribution in [-0.2, 0) is 9.59 Å². The number of nitrogens with one attached hydrogen (secondary N) is 2. The fourth-order valence-corrected chi connectivity index (χ4v) is 4.38. The molecule has 2 aromatic rings. The average Bonchev–Trinajstić information content (AvgIpc) is 3.33. The van der Waals surface area contributed by atoms with E-state index in [1.54, 1.807) is 11.3 Å². The lowest BCUT2D eigenvalue weighted by atomic mass is 9.97. The molecule has 0 bridgehead atoms. The smallest absolute Gasteiger partial charge is 0.309 e. The number of hydrogen-bond donors (Lipinski definition) is 2. The van der Waals surface area contributed by atoms with Gasteiger partial charge in [0, 0.05) is 23.7 Å². The monoisotopic (exact) mass is 400 g/mol. The number of carbonyl (C=O) groups excluding carboxylic acids is 2. The maximum absolute atomic E-state index is 12.3. The first kappa shape index (κ1) is 20.3. The molecule has 3 rings (SSSR count). The van der Waals surface area contributed by atoms with Crippen LogP contribution >= 0.6 is 11.3 Å². The maximum Gasteiger partial charge on any atom is 0.309 e. The van der Waals surface area contributed by atoms with Crippen LogP contribution in [0.4, 0.5) is 0 Å². The second-order valence-corrected chi connectivity index (χ2v) is 8.21. The summed E-state index contributed by atoms with van der Waals surface area (Å²) >= 11 is 1.61. The number of aromatic nitrogens is 2. The van der Waals surface area contributed by atoms with Crippen molar-refractivity contribution in [2.45, 2.75) is 52.0 Å². The largest absolute Gasteiger partial charge is 0.348 e. The SMILES string of the molecule is Cc1cc(C)n(C(CNC(=O)C(=O)NCCC2=CCCCC2)c2cccs2)n1. The second kappa shape index (κ2) is 9.68. The highest BCUT2D eigenvalue weighted by molar-refractivity contribution is 7.10. The zero-order chi connectivity index (χ0) is 19.9. The number of amides is 2. The van der Waals surface area contributed by atoms with Crippen LogP contribution in [0.5, 0.6) is 0 Å². The van der Waals surface area contributed by atoms with Crippen LogP contribution in [0, 0.1) is 13.8 Å². The molecule has 0 saturated heterocycles. The minimum atomic E-state index is -0.597. The zero-order valence-electron chi connectivity index (χ0n) is 16.5. The van der Waals surface area contributed by atoms with Gasteiger partial charge in [-0.15, -0.1) is 11.3 Å². The number of nitrogens with zero attached hydrogens (tertiary/aromatic N) is 2. The van der Waals surface area contributed by atoms with Crippen molar-refractivity contribution in [1.29, 1.82) is 0 Å². The van der Waals surface area contributed by atoms with E-state index >= 15 is 0 Å². The summed E-state index contributed by atoms with van der Waals surface area (Å²) in [5.74, 6) is -1.17. The summed E-state index contributed by atoms with van der Waals surface area (Å²) in [5.41, 5.74) is 3.34. The third-order valence-electron chi connectivity index (χ3n) is 4.99. The standard InChI is InChI=1S/C21H28N4O2S/c1-15-13-16(2)25(24-15)18(19-9-6-12-28-19)14-23-21(27)20(26)22-11-10-17-7-4-3-5-8-17/h6-7,9,12-13,18H,3-5,8,10-11,14H2,1-2H3,(H,22,26)(H,23,27). The minimum Gasteiger partial charge on any atom is -0.348 e. The van der Waals surface area contributed by atoms with Crippen LogP contribution in [0.1, 0.15) is 54.4 Å². The molecule has 1 aliphatic rings. The number of carbonyl (C=O) groups is 2. The first-order chi connectivity index (χ1) is 13.5. The fourth-order valence-electron chi connectivity index (χ4n) is 3.57. The summed E-state index contributed by atoms with van der Waals surface area (Å²) in [6.45, 7) is 4.77. The Bertz CT molecular complexity index is 839. The van der Waals surface area contributed by atoms with Gasteiger partial charge < -0.3 is 10.6 Å². The third kappa shape index (κ3) is 5.32. The Balaban J connectivity index is 1.54. The van der Waals surface area contributed by atoms with E-state index in [0.29, 0.717) is 13.1 Å². The van der Waals surface area contributed by atoms with Gasteiger partial charge in [-0.1, -0.05) is 17.7 Å². The van der Waals surface area contributed by atoms with Gasteiger partial charge in [-0.05, 0) is 63.5 Å². The van der Waals surface area contributed by atoms with Crippen molar-refractivity contribution in [3.63, 3.8) is 0 Å². The van der Waals surface area contributed by atoms with Crippen molar-refractivity contribution in [1.82, 2.24) is 20.4 Å². The van der Waals surface area contributed by atoms with Gasteiger partial charge in [0.25, 0.3) is 0 Å². The lowest BCUT2D eigenvalue weighted by molar-refractivity contribution is -0.139. The van der Waals surface area contributed by atoms with Gasteiger partial charge in [0.15, 0.2) is 0 Å². The first-order valence-electron chi connectivity index (χ1n) is 9.84. The number of rotatable bonds is 7. The average molecular weight is 401 g/mol. The van der Waals surface area contributed by atoms with Crippen LogP contribution in [-0.4, -0.2) is 34.7 Å². The van der Waals surface area contributed by atoms with Gasteiger partial charge in [0.1, 0.15) is 6.04 Å². The highest BCUT2D eigenvalue weighted by Crippen LogP contribution is 2.24. The Kier molecular flexibility index (Phi) is 7.03. The van der Waals surface area contributed by atoms with Crippen molar-refractivity contribution >= 4 is 23.2 Å². The molecular formula is C21H28N4O2S. The van der Waals surface area contributed by atoms with E-state index in [2.05, 4.69) is 21.8 Å². The van der Waals surface area contributed by atoms with Gasteiger partial charge >= 0.3 is 11.8 Å². The van der Waals surface area contributed by atoms with Crippen molar-refractivity contribution in [2.24, 2.45) is 0 Å². The molecule has 0 fully saturated rings. The normalized spacial score (nSPS) is 15.0. The van der Waals surface area contributed by atoms with Crippen molar-refractivity contribution in [3.05, 3.63) is 51.5 Å². The predicted octanol–water partition coefficient (Wildman–Crippen LogP) is 3.27. The van der Waals surface area contributed by atoms with Crippen molar-refractivity contribution in [2.75, 3.05) is 13.1 Å². The Labute approximate surface area is 170 Å². The fraction of sp³-hybridized carbons (Fsp3) is 0.476. The molecule has 2 heterocycles. The molecule has 28 heavy (non-hydrogen) atoms. The molecule has 0 spiro atoms. The molecule has 2 amide bonds. The molecule has 1 aliphatic carbocycles. The summed E-state index contributed by atoms with van der Waals surface area (Å²) in [5, 5.41) is 12.1. The molecule has 0 saturated carbocycles. The van der Waals surface area contributed by atoms with E-state index < -0.39 is 11.8 Å². The minimum absolute atomic E-state index is 0.127. The van der Waals surface area contributed by atoms with Gasteiger partial charge in [0.05, 0.1) is 5.69 Å². The molecule has 6 nitrogen and oxygen atoms in total. The lowest BCUT2D eigenvalue weighted by Gasteiger charge is -2.19. The quantitative estimate of drug-likeness (QED) is 0.553. The van der Waals surface area contributed by atoms with E-state index in [1.807, 2.05) is 42.1 Å². The molecule has 0 radical (unpaired) electrons.